The summed E-state index contributed by atoms with van der Waals surface area (Å²) in [6.07, 6.45) is 5.86. The second kappa shape index (κ2) is 8.49. The number of piperazine rings is 1. The largest absolute Gasteiger partial charge is 0.497 e. The van der Waals surface area contributed by atoms with Gasteiger partial charge in [0.2, 0.25) is 0 Å². The first kappa shape index (κ1) is 19.7. The van der Waals surface area contributed by atoms with Gasteiger partial charge in [-0.05, 0) is 49.0 Å². The molecular weight excluding hydrogens is 386 g/mol. The predicted molar refractivity (Wildman–Crippen MR) is 122 cm³/mol. The lowest BCUT2D eigenvalue weighted by atomic mass is 10.1. The lowest BCUT2D eigenvalue weighted by molar-refractivity contribution is 0.0885. The maximum absolute atomic E-state index is 5.39. The van der Waals surface area contributed by atoms with Gasteiger partial charge in [-0.25, -0.2) is 4.98 Å². The van der Waals surface area contributed by atoms with Crippen molar-refractivity contribution in [2.45, 2.75) is 12.6 Å². The molecule has 1 fully saturated rings. The summed E-state index contributed by atoms with van der Waals surface area (Å²) in [6, 6.07) is 19.0. The second-order valence-electron chi connectivity index (χ2n) is 8.12. The number of imidazole rings is 1. The van der Waals surface area contributed by atoms with Crippen LogP contribution in [-0.4, -0.2) is 58.0 Å². The average molecular weight is 414 g/mol. The molecule has 6 nitrogen and oxygen atoms in total. The Morgan fingerprint density at radius 1 is 1.03 bits per heavy atom. The fraction of sp³-hybridized carbons (Fsp3) is 0.280. The molecule has 1 saturated heterocycles. The van der Waals surface area contributed by atoms with Gasteiger partial charge in [0.15, 0.2) is 0 Å². The van der Waals surface area contributed by atoms with E-state index >= 15 is 0 Å². The molecule has 1 aliphatic heterocycles. The molecule has 4 heterocycles. The van der Waals surface area contributed by atoms with Gasteiger partial charge in [-0.3, -0.25) is 19.2 Å². The van der Waals surface area contributed by atoms with Crippen molar-refractivity contribution in [3.8, 4) is 17.0 Å². The highest BCUT2D eigenvalue weighted by atomic mass is 16.5. The zero-order chi connectivity index (χ0) is 21.2. The zero-order valence-electron chi connectivity index (χ0n) is 18.0. The van der Waals surface area contributed by atoms with Gasteiger partial charge >= 0.3 is 0 Å². The van der Waals surface area contributed by atoms with Crippen LogP contribution < -0.4 is 4.74 Å². The first-order valence-corrected chi connectivity index (χ1v) is 10.7. The molecule has 3 aromatic heterocycles. The molecule has 0 radical (unpaired) electrons. The Labute approximate surface area is 182 Å². The summed E-state index contributed by atoms with van der Waals surface area (Å²) in [5, 5.41) is 0. The fourth-order valence-corrected chi connectivity index (χ4v) is 4.37. The van der Waals surface area contributed by atoms with E-state index in [0.717, 1.165) is 54.5 Å². The smallest absolute Gasteiger partial charge is 0.137 e. The molecule has 0 amide bonds. The van der Waals surface area contributed by atoms with E-state index in [-0.39, 0.29) is 6.04 Å². The number of ether oxygens (including phenoxy) is 1. The van der Waals surface area contributed by atoms with Gasteiger partial charge in [0.25, 0.3) is 0 Å². The minimum absolute atomic E-state index is 0.254. The van der Waals surface area contributed by atoms with Crippen LogP contribution in [0, 0.1) is 0 Å². The molecule has 0 aliphatic carbocycles. The lowest BCUT2D eigenvalue weighted by Crippen LogP contribution is -2.46. The van der Waals surface area contributed by atoms with Gasteiger partial charge in [-0.1, -0.05) is 18.2 Å². The maximum atomic E-state index is 5.39. The van der Waals surface area contributed by atoms with Crippen LogP contribution in [0.15, 0.2) is 73.2 Å². The van der Waals surface area contributed by atoms with Crippen LogP contribution in [0.2, 0.25) is 0 Å². The van der Waals surface area contributed by atoms with Gasteiger partial charge in [0.05, 0.1) is 24.5 Å². The molecule has 31 heavy (non-hydrogen) atoms. The highest BCUT2D eigenvalue weighted by Gasteiger charge is 2.28. The van der Waals surface area contributed by atoms with Crippen molar-refractivity contribution in [2.24, 2.45) is 0 Å². The third kappa shape index (κ3) is 4.04. The molecule has 1 aliphatic rings. The van der Waals surface area contributed by atoms with Gasteiger partial charge in [-0.2, -0.15) is 0 Å². The van der Waals surface area contributed by atoms with Crippen LogP contribution in [0.4, 0.5) is 0 Å². The zero-order valence-corrected chi connectivity index (χ0v) is 18.0. The number of nitrogens with zero attached hydrogens (tertiary/aromatic N) is 5. The Kier molecular flexibility index (Phi) is 5.40. The molecule has 4 aromatic rings. The molecular formula is C25H27N5O. The molecule has 6 heteroatoms. The number of hydrogen-bond acceptors (Lipinski definition) is 5. The van der Waals surface area contributed by atoms with Crippen molar-refractivity contribution in [1.29, 1.82) is 0 Å². The first-order chi connectivity index (χ1) is 15.2. The summed E-state index contributed by atoms with van der Waals surface area (Å²) >= 11 is 0. The summed E-state index contributed by atoms with van der Waals surface area (Å²) in [4.78, 5) is 14.1. The minimum Gasteiger partial charge on any atom is -0.497 e. The summed E-state index contributed by atoms with van der Waals surface area (Å²) in [5.74, 6) is 0.909. The molecule has 158 valence electrons. The van der Waals surface area contributed by atoms with E-state index in [1.54, 1.807) is 7.11 Å². The Balaban J connectivity index is 1.42. The molecule has 1 atom stereocenters. The van der Waals surface area contributed by atoms with Gasteiger partial charge in [0.1, 0.15) is 11.4 Å². The number of benzene rings is 1. The van der Waals surface area contributed by atoms with Gasteiger partial charge in [0, 0.05) is 50.3 Å². The van der Waals surface area contributed by atoms with Crippen molar-refractivity contribution in [3.05, 3.63) is 84.4 Å². The van der Waals surface area contributed by atoms with Crippen LogP contribution in [0.3, 0.4) is 0 Å². The van der Waals surface area contributed by atoms with E-state index in [0.29, 0.717) is 0 Å². The molecule has 0 bridgehead atoms. The number of rotatable bonds is 5. The highest BCUT2D eigenvalue weighted by molar-refractivity contribution is 5.63. The number of likely N-dealkylation sites (N-methyl/N-ethyl adjacent to an activating group) is 1. The first-order valence-electron chi connectivity index (χ1n) is 10.7. The quantitative estimate of drug-likeness (QED) is 0.497. The number of methoxy groups -OCH3 is 1. The van der Waals surface area contributed by atoms with E-state index in [1.165, 1.54) is 5.56 Å². The molecule has 0 N–H and O–H groups in total. The topological polar surface area (TPSA) is 45.9 Å². The summed E-state index contributed by atoms with van der Waals surface area (Å²) in [7, 11) is 3.91. The van der Waals surface area contributed by atoms with Crippen molar-refractivity contribution < 1.29 is 4.74 Å². The van der Waals surface area contributed by atoms with Crippen molar-refractivity contribution >= 4 is 5.65 Å². The van der Waals surface area contributed by atoms with Crippen LogP contribution in [0.25, 0.3) is 16.9 Å². The second-order valence-corrected chi connectivity index (χ2v) is 8.12. The number of hydrogen-bond donors (Lipinski definition) is 0. The summed E-state index contributed by atoms with van der Waals surface area (Å²) in [6.45, 7) is 3.92. The van der Waals surface area contributed by atoms with E-state index < -0.39 is 0 Å². The Morgan fingerprint density at radius 2 is 1.87 bits per heavy atom. The van der Waals surface area contributed by atoms with Crippen molar-refractivity contribution in [2.75, 3.05) is 33.8 Å². The fourth-order valence-electron chi connectivity index (χ4n) is 4.37. The van der Waals surface area contributed by atoms with Crippen molar-refractivity contribution in [3.63, 3.8) is 0 Å². The lowest BCUT2D eigenvalue weighted by Gasteiger charge is -2.38. The van der Waals surface area contributed by atoms with Gasteiger partial charge < -0.3 is 4.74 Å². The third-order valence-electron chi connectivity index (χ3n) is 6.10. The molecule has 0 spiro atoms. The summed E-state index contributed by atoms with van der Waals surface area (Å²) < 4.78 is 7.58. The monoisotopic (exact) mass is 413 g/mol. The Bertz CT molecular complexity index is 1170. The molecule has 5 rings (SSSR count). The van der Waals surface area contributed by atoms with Crippen LogP contribution >= 0.6 is 0 Å². The number of pyridine rings is 2. The Morgan fingerprint density at radius 3 is 2.71 bits per heavy atom. The predicted octanol–water partition coefficient (Wildman–Crippen LogP) is 3.89. The van der Waals surface area contributed by atoms with E-state index in [2.05, 4.69) is 68.8 Å². The maximum Gasteiger partial charge on any atom is 0.137 e. The van der Waals surface area contributed by atoms with Crippen LogP contribution in [0.5, 0.6) is 5.75 Å². The Hall–Kier alpha value is -3.22. The minimum atomic E-state index is 0.254. The van der Waals surface area contributed by atoms with Crippen LogP contribution in [0.1, 0.15) is 17.3 Å². The normalized spacial score (nSPS) is 17.8. The van der Waals surface area contributed by atoms with E-state index in [1.807, 2.05) is 30.6 Å². The SMILES string of the molecule is COc1cccc(CN2CCN(C)[C@H](c3cn4c(-c5ccncc5)cccc4n3)C2)c1. The number of aromatic nitrogens is 3. The molecule has 0 unspecified atom stereocenters. The average Bonchev–Trinajstić information content (AvgIpc) is 3.25. The summed E-state index contributed by atoms with van der Waals surface area (Å²) in [5.41, 5.74) is 5.63. The van der Waals surface area contributed by atoms with E-state index in [9.17, 15) is 0 Å². The van der Waals surface area contributed by atoms with Crippen molar-refractivity contribution in [1.82, 2.24) is 24.2 Å². The molecule has 0 saturated carbocycles. The standard InChI is InChI=1S/C25H27N5O/c1-28-13-14-29(16-19-5-3-6-21(15-19)31-2)18-24(28)22-17-30-23(7-4-8-25(30)27-22)20-9-11-26-12-10-20/h3-12,15,17,24H,13-14,16,18H2,1-2H3/t24-/m0/s1. The van der Waals surface area contributed by atoms with E-state index in [4.69, 9.17) is 9.72 Å². The van der Waals surface area contributed by atoms with Crippen LogP contribution in [-0.2, 0) is 6.54 Å². The third-order valence-corrected chi connectivity index (χ3v) is 6.10. The highest BCUT2D eigenvalue weighted by Crippen LogP contribution is 2.28. The number of fused-ring (bicyclic) bond motifs is 1. The molecule has 1 aromatic carbocycles. The van der Waals surface area contributed by atoms with Gasteiger partial charge in [-0.15, -0.1) is 0 Å².